The molecule has 7 heteroatoms. The van der Waals surface area contributed by atoms with Gasteiger partial charge in [0.05, 0.1) is 12.0 Å². The fourth-order valence-electron chi connectivity index (χ4n) is 2.49. The Kier molecular flexibility index (Phi) is 5.79. The second-order valence-corrected chi connectivity index (χ2v) is 8.36. The van der Waals surface area contributed by atoms with Gasteiger partial charge in [0.25, 0.3) is 0 Å². The van der Waals surface area contributed by atoms with Crippen LogP contribution < -0.4 is 0 Å². The highest BCUT2D eigenvalue weighted by atomic mass is 32.2. The number of thioether (sulfide) groups is 1. The number of aryl methyl sites for hydroxylation is 1. The van der Waals surface area contributed by atoms with Gasteiger partial charge in [-0.1, -0.05) is 59.4 Å². The Morgan fingerprint density at radius 2 is 1.81 bits per heavy atom. The summed E-state index contributed by atoms with van der Waals surface area (Å²) in [7, 11) is -3.95. The first kappa shape index (κ1) is 19.0. The lowest BCUT2D eigenvalue weighted by molar-refractivity contribution is 0.340. The Morgan fingerprint density at radius 3 is 2.52 bits per heavy atom. The number of rotatable bonds is 5. The highest BCUT2D eigenvalue weighted by Gasteiger charge is 2.18. The van der Waals surface area contributed by atoms with Crippen molar-refractivity contribution in [2.45, 2.75) is 17.7 Å². The van der Waals surface area contributed by atoms with Crippen molar-refractivity contribution in [1.82, 2.24) is 0 Å². The summed E-state index contributed by atoms with van der Waals surface area (Å²) >= 11 is 1.25. The number of nitrogens with zero attached hydrogens (tertiary/aromatic N) is 2. The summed E-state index contributed by atoms with van der Waals surface area (Å²) in [4.78, 5) is 0.852. The molecule has 2 aromatic carbocycles. The summed E-state index contributed by atoms with van der Waals surface area (Å²) in [6.07, 6.45) is 5.27. The van der Waals surface area contributed by atoms with Gasteiger partial charge in [0.15, 0.2) is 0 Å². The van der Waals surface area contributed by atoms with Crippen LogP contribution in [-0.2, 0) is 14.4 Å². The molecular formula is C20H16N2O3S2. The lowest BCUT2D eigenvalue weighted by atomic mass is 9.95. The summed E-state index contributed by atoms with van der Waals surface area (Å²) < 4.78 is 29.0. The van der Waals surface area contributed by atoms with Crippen LogP contribution in [0, 0.1) is 18.3 Å². The fraction of sp³-hybridized carbons (Fsp3) is 0.100. The Hall–Kier alpha value is -2.82. The van der Waals surface area contributed by atoms with Crippen molar-refractivity contribution in [2.75, 3.05) is 0 Å². The van der Waals surface area contributed by atoms with E-state index in [-0.39, 0.29) is 4.90 Å². The predicted molar refractivity (Wildman–Crippen MR) is 106 cm³/mol. The number of hydrogen-bond donors (Lipinski definition) is 0. The number of benzene rings is 2. The second-order valence-electron chi connectivity index (χ2n) is 5.74. The zero-order valence-electron chi connectivity index (χ0n) is 14.4. The van der Waals surface area contributed by atoms with Gasteiger partial charge in [-0.25, -0.2) is 0 Å². The third-order valence-electron chi connectivity index (χ3n) is 3.86. The third-order valence-corrected chi connectivity index (χ3v) is 5.91. The zero-order chi connectivity index (χ0) is 19.3. The van der Waals surface area contributed by atoms with Crippen LogP contribution in [0.5, 0.6) is 0 Å². The molecule has 0 amide bonds. The van der Waals surface area contributed by atoms with Crippen LogP contribution in [0.1, 0.15) is 17.0 Å². The molecule has 1 atom stereocenters. The molecule has 0 saturated carbocycles. The molecule has 1 heterocycles. The van der Waals surface area contributed by atoms with Gasteiger partial charge in [-0.2, -0.15) is 13.7 Å². The van der Waals surface area contributed by atoms with Crippen LogP contribution in [0.2, 0.25) is 0 Å². The Balaban J connectivity index is 1.72. The Bertz CT molecular complexity index is 1070. The molecule has 0 saturated heterocycles. The van der Waals surface area contributed by atoms with Crippen LogP contribution in [0.4, 0.5) is 0 Å². The van der Waals surface area contributed by atoms with Gasteiger partial charge in [-0.3, -0.25) is 4.28 Å². The summed E-state index contributed by atoms with van der Waals surface area (Å²) in [6, 6.07) is 17.8. The van der Waals surface area contributed by atoms with Crippen molar-refractivity contribution in [3.05, 3.63) is 88.9 Å². The van der Waals surface area contributed by atoms with Crippen molar-refractivity contribution in [1.29, 1.82) is 5.26 Å². The second kappa shape index (κ2) is 8.25. The summed E-state index contributed by atoms with van der Waals surface area (Å²) in [6.45, 7) is 1.96. The highest BCUT2D eigenvalue weighted by molar-refractivity contribution is 8.18. The van der Waals surface area contributed by atoms with Gasteiger partial charge in [0.1, 0.15) is 9.94 Å². The van der Waals surface area contributed by atoms with Crippen molar-refractivity contribution in [3.63, 3.8) is 0 Å². The molecule has 0 fully saturated rings. The van der Waals surface area contributed by atoms with E-state index in [1.165, 1.54) is 23.9 Å². The van der Waals surface area contributed by atoms with E-state index in [0.29, 0.717) is 5.04 Å². The van der Waals surface area contributed by atoms with E-state index in [0.717, 1.165) is 16.0 Å². The molecule has 0 bridgehead atoms. The number of oxime groups is 1. The predicted octanol–water partition coefficient (Wildman–Crippen LogP) is 4.51. The van der Waals surface area contributed by atoms with Gasteiger partial charge < -0.3 is 0 Å². The van der Waals surface area contributed by atoms with Crippen molar-refractivity contribution >= 4 is 26.9 Å². The Morgan fingerprint density at radius 1 is 1.11 bits per heavy atom. The zero-order valence-corrected chi connectivity index (χ0v) is 16.1. The molecule has 136 valence electrons. The molecule has 27 heavy (non-hydrogen) atoms. The largest absolute Gasteiger partial charge is 0.358 e. The smallest absolute Gasteiger partial charge is 0.264 e. The fourth-order valence-corrected chi connectivity index (χ4v) is 4.09. The van der Waals surface area contributed by atoms with Gasteiger partial charge in [0, 0.05) is 4.91 Å². The summed E-state index contributed by atoms with van der Waals surface area (Å²) in [5.41, 5.74) is 1.98. The van der Waals surface area contributed by atoms with Gasteiger partial charge >= 0.3 is 10.1 Å². The third kappa shape index (κ3) is 4.67. The average Bonchev–Trinajstić information content (AvgIpc) is 3.13. The van der Waals surface area contributed by atoms with Gasteiger partial charge in [0.2, 0.25) is 0 Å². The van der Waals surface area contributed by atoms with Crippen LogP contribution in [-0.4, -0.2) is 13.5 Å². The molecular weight excluding hydrogens is 380 g/mol. The molecule has 1 aliphatic heterocycles. The normalized spacial score (nSPS) is 17.8. The van der Waals surface area contributed by atoms with Crippen LogP contribution in [0.15, 0.2) is 87.8 Å². The first-order valence-corrected chi connectivity index (χ1v) is 10.3. The molecule has 0 aliphatic carbocycles. The summed E-state index contributed by atoms with van der Waals surface area (Å²) in [5, 5.41) is 13.6. The van der Waals surface area contributed by atoms with E-state index in [9.17, 15) is 13.7 Å². The monoisotopic (exact) mass is 396 g/mol. The lowest BCUT2D eigenvalue weighted by Crippen LogP contribution is -2.03. The minimum Gasteiger partial charge on any atom is -0.264 e. The van der Waals surface area contributed by atoms with E-state index < -0.39 is 16.0 Å². The number of allylic oxidation sites excluding steroid dienone is 2. The van der Waals surface area contributed by atoms with Crippen LogP contribution >= 0.6 is 11.8 Å². The van der Waals surface area contributed by atoms with Crippen molar-refractivity contribution < 1.29 is 12.7 Å². The quantitative estimate of drug-likeness (QED) is 0.695. The maximum absolute atomic E-state index is 12.1. The summed E-state index contributed by atoms with van der Waals surface area (Å²) in [5.74, 6) is -0.397. The lowest BCUT2D eigenvalue weighted by Gasteiger charge is -2.08. The van der Waals surface area contributed by atoms with E-state index in [1.54, 1.807) is 30.4 Å². The maximum atomic E-state index is 12.1. The first-order chi connectivity index (χ1) is 13.0. The molecule has 0 aromatic heterocycles. The number of nitriles is 1. The van der Waals surface area contributed by atoms with E-state index in [1.807, 2.05) is 37.3 Å². The molecule has 0 N–H and O–H groups in total. The van der Waals surface area contributed by atoms with Crippen molar-refractivity contribution in [2.24, 2.45) is 5.16 Å². The topological polar surface area (TPSA) is 79.5 Å². The minimum absolute atomic E-state index is 0.0428. The standard InChI is InChI=1S/C20H16N2O3S2/c1-15-7-5-6-10-19(15)16(14-21)13-17-11-12-20(26-17)22-25-27(23,24)18-8-3-2-4-9-18/h2-13,16H,1H3. The van der Waals surface area contributed by atoms with Gasteiger partial charge in [-0.15, -0.1) is 0 Å². The molecule has 1 aliphatic rings. The molecule has 2 aromatic rings. The SMILES string of the molecule is Cc1ccccc1C(C#N)C=C1C=CC(=NOS(=O)(=O)c2ccccc2)S1. The van der Waals surface area contributed by atoms with Gasteiger partial charge in [-0.05, 0) is 48.4 Å². The molecule has 5 nitrogen and oxygen atoms in total. The number of hydrogen-bond acceptors (Lipinski definition) is 6. The molecule has 0 spiro atoms. The van der Waals surface area contributed by atoms with Crippen LogP contribution in [0.3, 0.4) is 0 Å². The van der Waals surface area contributed by atoms with E-state index >= 15 is 0 Å². The van der Waals surface area contributed by atoms with E-state index in [4.69, 9.17) is 4.28 Å². The van der Waals surface area contributed by atoms with E-state index in [2.05, 4.69) is 11.2 Å². The maximum Gasteiger partial charge on any atom is 0.358 e. The average molecular weight is 396 g/mol. The molecule has 0 radical (unpaired) electrons. The first-order valence-electron chi connectivity index (χ1n) is 8.09. The Labute approximate surface area is 162 Å². The molecule has 1 unspecified atom stereocenters. The van der Waals surface area contributed by atoms with Crippen LogP contribution in [0.25, 0.3) is 0 Å². The highest BCUT2D eigenvalue weighted by Crippen LogP contribution is 2.31. The molecule has 3 rings (SSSR count). The minimum atomic E-state index is -3.95. The van der Waals surface area contributed by atoms with Crippen molar-refractivity contribution in [3.8, 4) is 6.07 Å².